The molecule has 0 aliphatic rings. The fourth-order valence-corrected chi connectivity index (χ4v) is 11.2. The standard InChI is InChI=1S/C42H44N2O3Si2/c1-29-15-13-21-37(31(29)3)48-41(5,39-25-23-35(27-43-39)45-33-17-9-7-10-18-33)47-42(6,49-38-22-14-16-30(2)32(38)4)40-26-24-36(28-44-40)46-34-19-11-8-12-20-34/h7-28H,48-49H2,1-6H3. The van der Waals surface area contributed by atoms with Crippen molar-refractivity contribution in [3.8, 4) is 23.0 Å². The number of para-hydroxylation sites is 2. The highest BCUT2D eigenvalue weighted by Gasteiger charge is 2.41. The van der Waals surface area contributed by atoms with E-state index in [1.807, 2.05) is 85.2 Å². The zero-order valence-electron chi connectivity index (χ0n) is 29.2. The average molecular weight is 681 g/mol. The molecule has 248 valence electrons. The maximum Gasteiger partial charge on any atom is 0.145 e. The van der Waals surface area contributed by atoms with E-state index >= 15 is 0 Å². The second-order valence-corrected chi connectivity index (χ2v) is 18.2. The fourth-order valence-electron chi connectivity index (χ4n) is 6.34. The Morgan fingerprint density at radius 1 is 0.449 bits per heavy atom. The zero-order valence-corrected chi connectivity index (χ0v) is 32.1. The van der Waals surface area contributed by atoms with Crippen LogP contribution in [0.15, 0.2) is 134 Å². The molecule has 0 saturated carbocycles. The number of benzene rings is 4. The number of hydrogen-bond donors (Lipinski definition) is 0. The molecule has 0 aliphatic carbocycles. The van der Waals surface area contributed by atoms with Gasteiger partial charge in [0, 0.05) is 0 Å². The molecule has 0 saturated heterocycles. The Labute approximate surface area is 295 Å². The van der Waals surface area contributed by atoms with E-state index in [1.165, 1.54) is 32.6 Å². The Hall–Kier alpha value is -4.83. The van der Waals surface area contributed by atoms with Gasteiger partial charge in [-0.25, -0.2) is 0 Å². The molecule has 0 fully saturated rings. The lowest BCUT2D eigenvalue weighted by Gasteiger charge is -2.41. The third-order valence-electron chi connectivity index (χ3n) is 9.45. The Kier molecular flexibility index (Phi) is 10.2. The molecular weight excluding hydrogens is 637 g/mol. The molecule has 0 spiro atoms. The molecule has 2 heterocycles. The molecular formula is C42H44N2O3Si2. The molecule has 49 heavy (non-hydrogen) atoms. The molecule has 4 aromatic carbocycles. The molecule has 5 nitrogen and oxygen atoms in total. The molecule has 2 unspecified atom stereocenters. The van der Waals surface area contributed by atoms with Gasteiger partial charge in [0.15, 0.2) is 0 Å². The first kappa shape index (κ1) is 34.1. The van der Waals surface area contributed by atoms with Crippen LogP contribution in [0.3, 0.4) is 0 Å². The normalized spacial score (nSPS) is 14.2. The van der Waals surface area contributed by atoms with Crippen molar-refractivity contribution in [3.63, 3.8) is 0 Å². The Bertz CT molecular complexity index is 1860. The summed E-state index contributed by atoms with van der Waals surface area (Å²) in [5.41, 5.74) is 7.01. The number of aryl methyl sites for hydroxylation is 2. The van der Waals surface area contributed by atoms with Crippen LogP contribution < -0.4 is 19.8 Å². The van der Waals surface area contributed by atoms with Crippen LogP contribution >= 0.6 is 0 Å². The van der Waals surface area contributed by atoms with Crippen LogP contribution in [0.25, 0.3) is 0 Å². The van der Waals surface area contributed by atoms with Gasteiger partial charge in [-0.3, -0.25) is 9.97 Å². The van der Waals surface area contributed by atoms with E-state index in [0.717, 1.165) is 22.9 Å². The Balaban J connectivity index is 1.41. The van der Waals surface area contributed by atoms with Gasteiger partial charge in [0.05, 0.1) is 34.2 Å². The second kappa shape index (κ2) is 14.7. The SMILES string of the molecule is Cc1cccc([SiH2]C(C)(OC(C)([SiH2]c2cccc(C)c2C)c2ccc(Oc3ccccc3)cn2)c2ccc(Oc3ccccc3)cn2)c1C. The highest BCUT2D eigenvalue weighted by molar-refractivity contribution is 6.58. The molecule has 6 rings (SSSR count). The largest absolute Gasteiger partial charge is 0.456 e. The first-order valence-corrected chi connectivity index (χ1v) is 19.6. The van der Waals surface area contributed by atoms with Gasteiger partial charge < -0.3 is 14.2 Å². The number of hydrogen-bond acceptors (Lipinski definition) is 5. The molecule has 0 bridgehead atoms. The van der Waals surface area contributed by atoms with Gasteiger partial charge in [-0.15, -0.1) is 0 Å². The van der Waals surface area contributed by atoms with Gasteiger partial charge in [-0.1, -0.05) is 83.2 Å². The monoisotopic (exact) mass is 680 g/mol. The van der Waals surface area contributed by atoms with Crippen LogP contribution in [0.4, 0.5) is 0 Å². The molecule has 2 atom stereocenters. The quantitative estimate of drug-likeness (QED) is 0.127. The highest BCUT2D eigenvalue weighted by Crippen LogP contribution is 2.36. The number of ether oxygens (including phenoxy) is 3. The second-order valence-electron chi connectivity index (χ2n) is 13.2. The van der Waals surface area contributed by atoms with Crippen molar-refractivity contribution < 1.29 is 14.2 Å². The van der Waals surface area contributed by atoms with Crippen LogP contribution in [-0.2, 0) is 15.2 Å². The lowest BCUT2D eigenvalue weighted by molar-refractivity contribution is -0.0628. The number of pyridine rings is 2. The van der Waals surface area contributed by atoms with Gasteiger partial charge in [0.25, 0.3) is 0 Å². The highest BCUT2D eigenvalue weighted by atomic mass is 28.2. The number of rotatable bonds is 12. The van der Waals surface area contributed by atoms with Crippen molar-refractivity contribution >= 4 is 29.4 Å². The first-order chi connectivity index (χ1) is 23.6. The van der Waals surface area contributed by atoms with Crippen LogP contribution in [0.2, 0.25) is 0 Å². The third kappa shape index (κ3) is 8.08. The van der Waals surface area contributed by atoms with Crippen molar-refractivity contribution in [2.45, 2.75) is 52.0 Å². The van der Waals surface area contributed by atoms with Crippen molar-refractivity contribution in [3.05, 3.63) is 167 Å². The molecule has 2 aromatic heterocycles. The van der Waals surface area contributed by atoms with Gasteiger partial charge >= 0.3 is 0 Å². The Morgan fingerprint density at radius 2 is 0.857 bits per heavy atom. The van der Waals surface area contributed by atoms with Gasteiger partial charge in [0.1, 0.15) is 42.0 Å². The molecule has 7 heteroatoms. The van der Waals surface area contributed by atoms with E-state index in [4.69, 9.17) is 24.2 Å². The topological polar surface area (TPSA) is 53.5 Å². The van der Waals surface area contributed by atoms with Gasteiger partial charge in [-0.2, -0.15) is 0 Å². The maximum atomic E-state index is 7.63. The third-order valence-corrected chi connectivity index (χ3v) is 14.1. The minimum Gasteiger partial charge on any atom is -0.456 e. The fraction of sp³-hybridized carbons (Fsp3) is 0.190. The summed E-state index contributed by atoms with van der Waals surface area (Å²) in [6, 6.07) is 40.9. The molecule has 0 radical (unpaired) electrons. The summed E-state index contributed by atoms with van der Waals surface area (Å²) in [4.78, 5) is 10.1. The van der Waals surface area contributed by atoms with Crippen LogP contribution in [-0.4, -0.2) is 29.0 Å². The van der Waals surface area contributed by atoms with Crippen LogP contribution in [0.1, 0.15) is 47.5 Å². The number of nitrogens with zero attached hydrogens (tertiary/aromatic N) is 2. The predicted molar refractivity (Wildman–Crippen MR) is 205 cm³/mol. The molecule has 0 amide bonds. The summed E-state index contributed by atoms with van der Waals surface area (Å²) >= 11 is 0. The van der Waals surface area contributed by atoms with E-state index in [-0.39, 0.29) is 0 Å². The molecule has 0 aliphatic heterocycles. The van der Waals surface area contributed by atoms with Crippen molar-refractivity contribution in [2.24, 2.45) is 0 Å². The minimum atomic E-state index is -1.11. The van der Waals surface area contributed by atoms with Crippen molar-refractivity contribution in [1.82, 2.24) is 9.97 Å². The summed E-state index contributed by atoms with van der Waals surface area (Å²) in [5.74, 6) is 2.93. The van der Waals surface area contributed by atoms with Gasteiger partial charge in [-0.05, 0) is 112 Å². The number of aromatic nitrogens is 2. The summed E-state index contributed by atoms with van der Waals surface area (Å²) < 4.78 is 19.9. The Morgan fingerprint density at radius 3 is 1.22 bits per heavy atom. The van der Waals surface area contributed by atoms with E-state index < -0.39 is 29.5 Å². The van der Waals surface area contributed by atoms with Crippen LogP contribution in [0, 0.1) is 27.7 Å². The maximum absolute atomic E-state index is 7.63. The van der Waals surface area contributed by atoms with E-state index in [9.17, 15) is 0 Å². The first-order valence-electron chi connectivity index (χ1n) is 16.8. The van der Waals surface area contributed by atoms with E-state index in [1.54, 1.807) is 0 Å². The average Bonchev–Trinajstić information content (AvgIpc) is 3.10. The van der Waals surface area contributed by atoms with Gasteiger partial charge in [0.2, 0.25) is 0 Å². The summed E-state index contributed by atoms with van der Waals surface area (Å²) in [6.07, 6.45) is 3.63. The predicted octanol–water partition coefficient (Wildman–Crippen LogP) is 7.35. The summed E-state index contributed by atoms with van der Waals surface area (Å²) in [6.45, 7) is 13.3. The minimum absolute atomic E-state index is 0.662. The lowest BCUT2D eigenvalue weighted by Crippen LogP contribution is -2.51. The van der Waals surface area contributed by atoms with Crippen molar-refractivity contribution in [1.29, 1.82) is 0 Å². The summed E-state index contributed by atoms with van der Waals surface area (Å²) in [7, 11) is -2.21. The molecule has 0 N–H and O–H groups in total. The van der Waals surface area contributed by atoms with E-state index in [2.05, 4.69) is 90.1 Å². The van der Waals surface area contributed by atoms with Crippen LogP contribution in [0.5, 0.6) is 23.0 Å². The van der Waals surface area contributed by atoms with E-state index in [0.29, 0.717) is 11.5 Å². The van der Waals surface area contributed by atoms with Crippen molar-refractivity contribution in [2.75, 3.05) is 0 Å². The smallest absolute Gasteiger partial charge is 0.145 e. The zero-order chi connectivity index (χ0) is 34.4. The lowest BCUT2D eigenvalue weighted by atomic mass is 10.1. The summed E-state index contributed by atoms with van der Waals surface area (Å²) in [5, 5.41) is 1.41. The molecule has 6 aromatic rings.